The van der Waals surface area contributed by atoms with E-state index in [1.807, 2.05) is 48.5 Å². The van der Waals surface area contributed by atoms with Crippen LogP contribution in [0.15, 0.2) is 79.3 Å². The third-order valence-electron chi connectivity index (χ3n) is 3.77. The number of hydrogen-bond acceptors (Lipinski definition) is 4. The lowest BCUT2D eigenvalue weighted by Gasteiger charge is -2.02. The Morgan fingerprint density at radius 2 is 1.77 bits per heavy atom. The highest BCUT2D eigenvalue weighted by molar-refractivity contribution is 6.02. The molecule has 0 radical (unpaired) electrons. The van der Waals surface area contributed by atoms with Crippen LogP contribution in [-0.4, -0.2) is 30.5 Å². The third-order valence-corrected chi connectivity index (χ3v) is 3.77. The summed E-state index contributed by atoms with van der Waals surface area (Å²) in [5.74, 6) is 0.169. The molecule has 0 fully saturated rings. The maximum absolute atomic E-state index is 12.4. The first-order chi connectivity index (χ1) is 12.8. The van der Waals surface area contributed by atoms with E-state index >= 15 is 0 Å². The molecular weight excluding hydrogens is 328 g/mol. The number of nitrogens with one attached hydrogen (secondary N) is 1. The van der Waals surface area contributed by atoms with E-state index in [9.17, 15) is 4.79 Å². The number of para-hydroxylation sites is 1. The molecule has 0 aliphatic carbocycles. The molecule has 128 valence electrons. The Morgan fingerprint density at radius 3 is 2.58 bits per heavy atom. The summed E-state index contributed by atoms with van der Waals surface area (Å²) in [4.78, 5) is 16.6. The van der Waals surface area contributed by atoms with E-state index in [0.29, 0.717) is 18.1 Å². The second-order valence-electron chi connectivity index (χ2n) is 5.65. The summed E-state index contributed by atoms with van der Waals surface area (Å²) in [5, 5.41) is 11.4. The van der Waals surface area contributed by atoms with E-state index in [0.717, 1.165) is 11.4 Å². The summed E-state index contributed by atoms with van der Waals surface area (Å²) >= 11 is 0. The molecule has 1 aromatic carbocycles. The number of carbonyl (C=O) groups is 1. The van der Waals surface area contributed by atoms with Crippen molar-refractivity contribution in [1.29, 1.82) is 0 Å². The minimum Gasteiger partial charge on any atom is -0.304 e. The van der Waals surface area contributed by atoms with Crippen molar-refractivity contribution in [3.8, 4) is 5.69 Å². The summed E-state index contributed by atoms with van der Waals surface area (Å²) in [6.07, 6.45) is 5.29. The molecular formula is C19H16N6O. The van der Waals surface area contributed by atoms with Crippen LogP contribution in [-0.2, 0) is 6.54 Å². The Kier molecular flexibility index (Phi) is 4.26. The molecule has 0 aliphatic rings. The van der Waals surface area contributed by atoms with Gasteiger partial charge in [-0.1, -0.05) is 24.3 Å². The van der Waals surface area contributed by atoms with Crippen molar-refractivity contribution in [1.82, 2.24) is 24.5 Å². The number of aromatic nitrogens is 5. The zero-order chi connectivity index (χ0) is 17.8. The number of carbonyl (C=O) groups excluding carboxylic acids is 1. The molecule has 0 unspecified atom stereocenters. The van der Waals surface area contributed by atoms with Gasteiger partial charge < -0.3 is 5.32 Å². The molecule has 0 atom stereocenters. The summed E-state index contributed by atoms with van der Waals surface area (Å²) < 4.78 is 3.38. The van der Waals surface area contributed by atoms with Gasteiger partial charge in [0.1, 0.15) is 0 Å². The van der Waals surface area contributed by atoms with Crippen LogP contribution in [0.25, 0.3) is 5.69 Å². The molecule has 0 aliphatic heterocycles. The number of benzene rings is 1. The van der Waals surface area contributed by atoms with Crippen molar-refractivity contribution in [2.24, 2.45) is 0 Å². The predicted molar refractivity (Wildman–Crippen MR) is 97.1 cm³/mol. The number of anilines is 1. The van der Waals surface area contributed by atoms with Gasteiger partial charge in [0.15, 0.2) is 11.5 Å². The molecule has 3 heterocycles. The fraction of sp³-hybridized carbons (Fsp3) is 0.0526. The average molecular weight is 344 g/mol. The molecule has 0 spiro atoms. The first-order valence-electron chi connectivity index (χ1n) is 8.14. The van der Waals surface area contributed by atoms with Crippen LogP contribution in [0.3, 0.4) is 0 Å². The van der Waals surface area contributed by atoms with Crippen molar-refractivity contribution in [2.75, 3.05) is 5.32 Å². The second kappa shape index (κ2) is 7.02. The standard InChI is InChI=1S/C19H16N6O/c26-19(17-9-13-25(22-17)16-7-2-1-3-8-16)21-18-10-12-24(23-18)14-15-6-4-5-11-20-15/h1-13H,14H2,(H,21,23,26). The highest BCUT2D eigenvalue weighted by Crippen LogP contribution is 2.10. The summed E-state index contributed by atoms with van der Waals surface area (Å²) in [5.41, 5.74) is 2.12. The quantitative estimate of drug-likeness (QED) is 0.604. The highest BCUT2D eigenvalue weighted by atomic mass is 16.2. The van der Waals surface area contributed by atoms with Gasteiger partial charge in [0.2, 0.25) is 0 Å². The van der Waals surface area contributed by atoms with E-state index in [1.165, 1.54) is 0 Å². The molecule has 0 saturated carbocycles. The van der Waals surface area contributed by atoms with Crippen LogP contribution < -0.4 is 5.32 Å². The Labute approximate surface area is 149 Å². The van der Waals surface area contributed by atoms with Gasteiger partial charge in [0.05, 0.1) is 17.9 Å². The predicted octanol–water partition coefficient (Wildman–Crippen LogP) is 2.76. The van der Waals surface area contributed by atoms with Gasteiger partial charge in [-0.05, 0) is 30.3 Å². The molecule has 7 nitrogen and oxygen atoms in total. The van der Waals surface area contributed by atoms with Crippen molar-refractivity contribution in [3.05, 3.63) is 90.6 Å². The number of pyridine rings is 1. The molecule has 0 bridgehead atoms. The van der Waals surface area contributed by atoms with E-state index in [1.54, 1.807) is 40.1 Å². The lowest BCUT2D eigenvalue weighted by Crippen LogP contribution is -2.14. The van der Waals surface area contributed by atoms with E-state index in [-0.39, 0.29) is 5.91 Å². The molecule has 1 amide bonds. The van der Waals surface area contributed by atoms with Crippen LogP contribution in [0.1, 0.15) is 16.2 Å². The van der Waals surface area contributed by atoms with E-state index in [2.05, 4.69) is 20.5 Å². The maximum Gasteiger partial charge on any atom is 0.277 e. The van der Waals surface area contributed by atoms with Gasteiger partial charge in [-0.3, -0.25) is 14.5 Å². The van der Waals surface area contributed by atoms with Crippen LogP contribution in [0, 0.1) is 0 Å². The summed E-state index contributed by atoms with van der Waals surface area (Å²) in [7, 11) is 0. The molecule has 4 rings (SSSR count). The van der Waals surface area contributed by atoms with Gasteiger partial charge in [0, 0.05) is 24.7 Å². The minimum atomic E-state index is -0.303. The van der Waals surface area contributed by atoms with Gasteiger partial charge in [-0.25, -0.2) is 4.68 Å². The van der Waals surface area contributed by atoms with E-state index < -0.39 is 0 Å². The molecule has 3 aromatic heterocycles. The van der Waals surface area contributed by atoms with Gasteiger partial charge >= 0.3 is 0 Å². The number of amides is 1. The fourth-order valence-electron chi connectivity index (χ4n) is 2.52. The van der Waals surface area contributed by atoms with E-state index in [4.69, 9.17) is 0 Å². The van der Waals surface area contributed by atoms with Crippen LogP contribution >= 0.6 is 0 Å². The van der Waals surface area contributed by atoms with Crippen LogP contribution in [0.4, 0.5) is 5.82 Å². The minimum absolute atomic E-state index is 0.303. The summed E-state index contributed by atoms with van der Waals surface area (Å²) in [6, 6.07) is 18.8. The number of rotatable bonds is 5. The third kappa shape index (κ3) is 3.51. The largest absolute Gasteiger partial charge is 0.304 e. The van der Waals surface area contributed by atoms with Crippen molar-refractivity contribution in [2.45, 2.75) is 6.54 Å². The zero-order valence-electron chi connectivity index (χ0n) is 13.9. The smallest absolute Gasteiger partial charge is 0.277 e. The Hall–Kier alpha value is -3.74. The molecule has 1 N–H and O–H groups in total. The Bertz CT molecular complexity index is 1010. The molecule has 26 heavy (non-hydrogen) atoms. The van der Waals surface area contributed by atoms with Crippen molar-refractivity contribution < 1.29 is 4.79 Å². The average Bonchev–Trinajstić information content (AvgIpc) is 3.33. The first kappa shape index (κ1) is 15.8. The Balaban J connectivity index is 1.43. The van der Waals surface area contributed by atoms with Crippen molar-refractivity contribution >= 4 is 11.7 Å². The number of hydrogen-bond donors (Lipinski definition) is 1. The fourth-order valence-corrected chi connectivity index (χ4v) is 2.52. The SMILES string of the molecule is O=C(Nc1ccn(Cc2ccccn2)n1)c1ccn(-c2ccccc2)n1. The van der Waals surface area contributed by atoms with Gasteiger partial charge in [-0.15, -0.1) is 0 Å². The Morgan fingerprint density at radius 1 is 0.923 bits per heavy atom. The number of nitrogens with zero attached hydrogens (tertiary/aromatic N) is 5. The summed E-state index contributed by atoms with van der Waals surface area (Å²) in [6.45, 7) is 0.541. The monoisotopic (exact) mass is 344 g/mol. The first-order valence-corrected chi connectivity index (χ1v) is 8.14. The maximum atomic E-state index is 12.4. The van der Waals surface area contributed by atoms with Gasteiger partial charge in [0.25, 0.3) is 5.91 Å². The molecule has 7 heteroatoms. The van der Waals surface area contributed by atoms with Crippen LogP contribution in [0.5, 0.6) is 0 Å². The topological polar surface area (TPSA) is 77.6 Å². The second-order valence-corrected chi connectivity index (χ2v) is 5.65. The van der Waals surface area contributed by atoms with Gasteiger partial charge in [-0.2, -0.15) is 10.2 Å². The normalized spacial score (nSPS) is 10.6. The molecule has 4 aromatic rings. The zero-order valence-corrected chi connectivity index (χ0v) is 13.9. The molecule has 0 saturated heterocycles. The lowest BCUT2D eigenvalue weighted by atomic mass is 10.3. The highest BCUT2D eigenvalue weighted by Gasteiger charge is 2.12. The lowest BCUT2D eigenvalue weighted by molar-refractivity contribution is 0.102. The van der Waals surface area contributed by atoms with Crippen LogP contribution in [0.2, 0.25) is 0 Å². The van der Waals surface area contributed by atoms with Crippen molar-refractivity contribution in [3.63, 3.8) is 0 Å².